The van der Waals surface area contributed by atoms with E-state index in [1.807, 2.05) is 0 Å². The fourth-order valence-electron chi connectivity index (χ4n) is 1.40. The molecule has 18 heavy (non-hydrogen) atoms. The van der Waals surface area contributed by atoms with Crippen molar-refractivity contribution < 1.29 is 24.1 Å². The normalized spacial score (nSPS) is 10.9. The average Bonchev–Trinajstić information content (AvgIpc) is 2.34. The van der Waals surface area contributed by atoms with Gasteiger partial charge in [0.1, 0.15) is 6.61 Å². The van der Waals surface area contributed by atoms with E-state index in [-0.39, 0.29) is 6.61 Å². The molecule has 1 aromatic carbocycles. The van der Waals surface area contributed by atoms with Gasteiger partial charge in [0.05, 0.1) is 14.2 Å². The fourth-order valence-corrected chi connectivity index (χ4v) is 1.40. The summed E-state index contributed by atoms with van der Waals surface area (Å²) in [5, 5.41) is 8.60. The highest BCUT2D eigenvalue weighted by Gasteiger charge is 2.11. The molecule has 5 heteroatoms. The smallest absolute Gasteiger partial charge is 0.328 e. The van der Waals surface area contributed by atoms with Gasteiger partial charge in [-0.05, 0) is 24.6 Å². The highest BCUT2D eigenvalue weighted by molar-refractivity contribution is 5.80. The van der Waals surface area contributed by atoms with E-state index in [4.69, 9.17) is 19.3 Å². The van der Waals surface area contributed by atoms with Crippen LogP contribution in [0, 0.1) is 0 Å². The third kappa shape index (κ3) is 3.69. The van der Waals surface area contributed by atoms with Crippen LogP contribution in [-0.2, 0) is 4.79 Å². The lowest BCUT2D eigenvalue weighted by Crippen LogP contribution is -2.04. The fraction of sp³-hybridized carbons (Fsp3) is 0.308. The largest absolute Gasteiger partial charge is 0.493 e. The summed E-state index contributed by atoms with van der Waals surface area (Å²) < 4.78 is 15.9. The molecule has 0 spiro atoms. The predicted molar refractivity (Wildman–Crippen MR) is 66.4 cm³/mol. The Morgan fingerprint density at radius 1 is 1.28 bits per heavy atom. The van der Waals surface area contributed by atoms with E-state index in [1.165, 1.54) is 14.2 Å². The molecular formula is C13H16O5. The summed E-state index contributed by atoms with van der Waals surface area (Å²) in [6.07, 6.45) is 1.10. The second-order valence-corrected chi connectivity index (χ2v) is 3.61. The molecule has 0 heterocycles. The van der Waals surface area contributed by atoms with E-state index in [0.717, 1.165) is 6.08 Å². The van der Waals surface area contributed by atoms with Crippen LogP contribution in [0.5, 0.6) is 17.2 Å². The average molecular weight is 252 g/mol. The Labute approximate surface area is 106 Å². The van der Waals surface area contributed by atoms with Crippen LogP contribution in [0.2, 0.25) is 0 Å². The second kappa shape index (κ2) is 6.54. The lowest BCUT2D eigenvalue weighted by atomic mass is 10.2. The SMILES string of the molecule is COc1cccc(OC)c1OC/C(C)=C/C(=O)O. The minimum absolute atomic E-state index is 0.156. The maximum Gasteiger partial charge on any atom is 0.328 e. The first kappa shape index (κ1) is 13.9. The Balaban J connectivity index is 2.86. The molecule has 0 saturated carbocycles. The zero-order chi connectivity index (χ0) is 13.5. The third-order valence-electron chi connectivity index (χ3n) is 2.20. The Hall–Kier alpha value is -2.17. The molecule has 0 aliphatic heterocycles. The molecule has 0 aliphatic rings. The maximum absolute atomic E-state index is 10.5. The summed E-state index contributed by atoms with van der Waals surface area (Å²) in [5.74, 6) is 0.540. The van der Waals surface area contributed by atoms with E-state index < -0.39 is 5.97 Å². The first-order valence-electron chi connectivity index (χ1n) is 5.32. The van der Waals surface area contributed by atoms with Crippen molar-refractivity contribution in [1.29, 1.82) is 0 Å². The summed E-state index contributed by atoms with van der Waals surface area (Å²) in [4.78, 5) is 10.5. The highest BCUT2D eigenvalue weighted by Crippen LogP contribution is 2.36. The number of aliphatic carboxylic acids is 1. The number of para-hydroxylation sites is 1. The summed E-state index contributed by atoms with van der Waals surface area (Å²) in [6, 6.07) is 5.27. The van der Waals surface area contributed by atoms with Crippen molar-refractivity contribution >= 4 is 5.97 Å². The van der Waals surface area contributed by atoms with E-state index in [0.29, 0.717) is 22.8 Å². The number of benzene rings is 1. The number of hydrogen-bond donors (Lipinski definition) is 1. The summed E-state index contributed by atoms with van der Waals surface area (Å²) in [7, 11) is 3.06. The first-order chi connectivity index (χ1) is 8.58. The van der Waals surface area contributed by atoms with Crippen molar-refractivity contribution in [1.82, 2.24) is 0 Å². The molecule has 98 valence electrons. The quantitative estimate of drug-likeness (QED) is 0.785. The van der Waals surface area contributed by atoms with Gasteiger partial charge in [-0.2, -0.15) is 0 Å². The molecule has 5 nitrogen and oxygen atoms in total. The lowest BCUT2D eigenvalue weighted by Gasteiger charge is -2.14. The van der Waals surface area contributed by atoms with Crippen LogP contribution in [0.25, 0.3) is 0 Å². The number of rotatable bonds is 6. The third-order valence-corrected chi connectivity index (χ3v) is 2.20. The van der Waals surface area contributed by atoms with Gasteiger partial charge >= 0.3 is 5.97 Å². The minimum Gasteiger partial charge on any atom is -0.493 e. The van der Waals surface area contributed by atoms with Gasteiger partial charge < -0.3 is 19.3 Å². The van der Waals surface area contributed by atoms with Crippen molar-refractivity contribution in [3.05, 3.63) is 29.8 Å². The van der Waals surface area contributed by atoms with Crippen molar-refractivity contribution in [2.75, 3.05) is 20.8 Å². The van der Waals surface area contributed by atoms with E-state index >= 15 is 0 Å². The number of carboxylic acid groups (broad SMARTS) is 1. The van der Waals surface area contributed by atoms with E-state index in [1.54, 1.807) is 25.1 Å². The van der Waals surface area contributed by atoms with Gasteiger partial charge in [-0.1, -0.05) is 6.07 Å². The van der Waals surface area contributed by atoms with Crippen LogP contribution < -0.4 is 14.2 Å². The van der Waals surface area contributed by atoms with Crippen LogP contribution in [0.4, 0.5) is 0 Å². The molecule has 0 unspecified atom stereocenters. The standard InChI is InChI=1S/C13H16O5/c1-9(7-12(14)15)8-18-13-10(16-2)5-4-6-11(13)17-3/h4-7H,8H2,1-3H3,(H,14,15)/b9-7+. The summed E-state index contributed by atoms with van der Waals surface area (Å²) in [6.45, 7) is 1.83. The minimum atomic E-state index is -0.997. The Kier molecular flexibility index (Phi) is 5.05. The van der Waals surface area contributed by atoms with Crippen LogP contribution in [0.1, 0.15) is 6.92 Å². The zero-order valence-electron chi connectivity index (χ0n) is 10.6. The van der Waals surface area contributed by atoms with E-state index in [9.17, 15) is 4.79 Å². The van der Waals surface area contributed by atoms with Gasteiger partial charge in [-0.15, -0.1) is 0 Å². The Morgan fingerprint density at radius 3 is 2.28 bits per heavy atom. The lowest BCUT2D eigenvalue weighted by molar-refractivity contribution is -0.131. The van der Waals surface area contributed by atoms with Gasteiger partial charge in [0, 0.05) is 6.08 Å². The Bertz CT molecular complexity index is 428. The molecule has 1 rings (SSSR count). The summed E-state index contributed by atoms with van der Waals surface area (Å²) in [5.41, 5.74) is 0.593. The molecule has 1 aromatic rings. The molecule has 0 atom stereocenters. The van der Waals surface area contributed by atoms with Gasteiger partial charge in [-0.25, -0.2) is 4.79 Å². The predicted octanol–water partition coefficient (Wildman–Crippen LogP) is 2.11. The Morgan fingerprint density at radius 2 is 1.83 bits per heavy atom. The van der Waals surface area contributed by atoms with Crippen LogP contribution in [0.15, 0.2) is 29.8 Å². The molecule has 0 fully saturated rings. The molecule has 0 saturated heterocycles. The molecule has 0 amide bonds. The van der Waals surface area contributed by atoms with Crippen molar-refractivity contribution in [3.8, 4) is 17.2 Å². The van der Waals surface area contributed by atoms with Gasteiger partial charge in [-0.3, -0.25) is 0 Å². The first-order valence-corrected chi connectivity index (χ1v) is 5.32. The number of carbonyl (C=O) groups is 1. The topological polar surface area (TPSA) is 65.0 Å². The summed E-state index contributed by atoms with van der Waals surface area (Å²) >= 11 is 0. The van der Waals surface area contributed by atoms with Gasteiger partial charge in [0.2, 0.25) is 5.75 Å². The van der Waals surface area contributed by atoms with Crippen LogP contribution in [-0.4, -0.2) is 31.9 Å². The van der Waals surface area contributed by atoms with Crippen LogP contribution in [0.3, 0.4) is 0 Å². The number of methoxy groups -OCH3 is 2. The molecular weight excluding hydrogens is 236 g/mol. The van der Waals surface area contributed by atoms with E-state index in [2.05, 4.69) is 0 Å². The van der Waals surface area contributed by atoms with Crippen molar-refractivity contribution in [2.24, 2.45) is 0 Å². The highest BCUT2D eigenvalue weighted by atomic mass is 16.5. The van der Waals surface area contributed by atoms with Gasteiger partial charge in [0.15, 0.2) is 11.5 Å². The molecule has 0 aliphatic carbocycles. The molecule has 0 bridgehead atoms. The van der Waals surface area contributed by atoms with Crippen molar-refractivity contribution in [2.45, 2.75) is 6.92 Å². The maximum atomic E-state index is 10.5. The molecule has 1 N–H and O–H groups in total. The van der Waals surface area contributed by atoms with Crippen molar-refractivity contribution in [3.63, 3.8) is 0 Å². The number of ether oxygens (including phenoxy) is 3. The monoisotopic (exact) mass is 252 g/mol. The molecule has 0 aromatic heterocycles. The van der Waals surface area contributed by atoms with Gasteiger partial charge in [0.25, 0.3) is 0 Å². The number of hydrogen-bond acceptors (Lipinski definition) is 4. The molecule has 0 radical (unpaired) electrons. The number of carboxylic acids is 1. The second-order valence-electron chi connectivity index (χ2n) is 3.61. The van der Waals surface area contributed by atoms with Crippen LogP contribution >= 0.6 is 0 Å². The zero-order valence-corrected chi connectivity index (χ0v) is 10.6.